The fraction of sp³-hybridized carbons (Fsp3) is 0.233. The SMILES string of the molecule is O=C(NCCN1CCN(C(=O)N[C@@H](C(=O)N[C@H]2Cc3ccc(F)c(C(=O)O)c3OB2O)c2cc(F)c(O)c(O)c2Cl)C(=O)C1=O)Nc1cccnc1. The number of pyridine rings is 1. The van der Waals surface area contributed by atoms with E-state index >= 15 is 0 Å². The predicted molar refractivity (Wildman–Crippen MR) is 173 cm³/mol. The largest absolute Gasteiger partial charge is 0.547 e. The Morgan fingerprint density at radius 1 is 1.08 bits per heavy atom. The van der Waals surface area contributed by atoms with Crippen LogP contribution in [0.3, 0.4) is 0 Å². The Bertz CT molecular complexity index is 1960. The molecule has 7 amide bonds. The molecule has 2 aromatic carbocycles. The fourth-order valence-electron chi connectivity index (χ4n) is 5.34. The van der Waals surface area contributed by atoms with Crippen LogP contribution in [0.5, 0.6) is 17.2 Å². The summed E-state index contributed by atoms with van der Waals surface area (Å²) in [6, 6.07) is 1.67. The zero-order chi connectivity index (χ0) is 37.9. The van der Waals surface area contributed by atoms with Crippen LogP contribution in [0, 0.1) is 11.6 Å². The molecule has 3 heterocycles. The van der Waals surface area contributed by atoms with Crippen molar-refractivity contribution in [2.45, 2.75) is 18.4 Å². The van der Waals surface area contributed by atoms with Crippen molar-refractivity contribution in [1.29, 1.82) is 0 Å². The average molecular weight is 746 g/mol. The van der Waals surface area contributed by atoms with Crippen molar-refractivity contribution in [3.8, 4) is 17.2 Å². The highest BCUT2D eigenvalue weighted by Gasteiger charge is 2.42. The first-order valence-electron chi connectivity index (χ1n) is 15.1. The lowest BCUT2D eigenvalue weighted by molar-refractivity contribution is -0.153. The number of aromatic nitrogens is 1. The number of hydrogen-bond donors (Lipinski definition) is 8. The van der Waals surface area contributed by atoms with Gasteiger partial charge >= 0.3 is 37.0 Å². The lowest BCUT2D eigenvalue weighted by Crippen LogP contribution is -2.60. The number of carboxylic acid groups (broad SMARTS) is 1. The smallest absolute Gasteiger partial charge is 0.534 e. The summed E-state index contributed by atoms with van der Waals surface area (Å²) in [6.45, 7) is -0.797. The summed E-state index contributed by atoms with van der Waals surface area (Å²) in [5, 5.41) is 48.7. The molecule has 2 atom stereocenters. The van der Waals surface area contributed by atoms with Gasteiger partial charge in [0.1, 0.15) is 23.2 Å². The van der Waals surface area contributed by atoms with Gasteiger partial charge in [0.2, 0.25) is 5.91 Å². The zero-order valence-electron chi connectivity index (χ0n) is 26.4. The van der Waals surface area contributed by atoms with Crippen LogP contribution in [0.25, 0.3) is 0 Å². The first-order valence-corrected chi connectivity index (χ1v) is 15.5. The number of carbonyl (C=O) groups excluding carboxylic acids is 5. The third-order valence-electron chi connectivity index (χ3n) is 7.93. The molecule has 3 aromatic rings. The number of aromatic hydroxyl groups is 2. The van der Waals surface area contributed by atoms with Gasteiger partial charge in [0.25, 0.3) is 0 Å². The monoisotopic (exact) mass is 745 g/mol. The van der Waals surface area contributed by atoms with E-state index in [1.54, 1.807) is 12.1 Å². The number of fused-ring (bicyclic) bond motifs is 1. The second-order valence-electron chi connectivity index (χ2n) is 11.3. The van der Waals surface area contributed by atoms with Gasteiger partial charge in [-0.15, -0.1) is 0 Å². The molecule has 22 heteroatoms. The standard InChI is InChI=1S/C30H27BClF2N7O11/c32-20-15(11-17(34)22(42)23(20)43)21(25(44)38-18-10-13-3-4-16(33)19(28(47)48)24(13)52-31(18)51)39-30(50)41-9-8-40(26(45)27(41)46)7-6-36-29(49)37-14-2-1-5-35-12-14/h1-5,11-12,18,21,42-43,51H,6-10H2,(H,38,44)(H,39,50)(H,47,48)(H2,36,37,49)/t18-,21+/m0/s1. The summed E-state index contributed by atoms with van der Waals surface area (Å²) in [7, 11) is -1.98. The number of imide groups is 1. The molecule has 8 N–H and O–H groups in total. The molecule has 272 valence electrons. The van der Waals surface area contributed by atoms with Gasteiger partial charge in [0, 0.05) is 37.9 Å². The topological polar surface area (TPSA) is 260 Å². The normalized spacial score (nSPS) is 16.0. The number of anilines is 1. The number of carbonyl (C=O) groups is 6. The molecule has 0 unspecified atom stereocenters. The number of benzene rings is 2. The molecule has 1 saturated heterocycles. The lowest BCUT2D eigenvalue weighted by Gasteiger charge is -2.34. The molecule has 0 spiro atoms. The quantitative estimate of drug-likeness (QED) is 0.0847. The molecular weight excluding hydrogens is 719 g/mol. The number of carboxylic acids is 1. The van der Waals surface area contributed by atoms with E-state index in [0.29, 0.717) is 16.7 Å². The zero-order valence-corrected chi connectivity index (χ0v) is 27.2. The maximum Gasteiger partial charge on any atom is 0.547 e. The Hall–Kier alpha value is -6.22. The highest BCUT2D eigenvalue weighted by atomic mass is 35.5. The Kier molecular flexibility index (Phi) is 10.9. The molecule has 1 aromatic heterocycles. The van der Waals surface area contributed by atoms with Gasteiger partial charge in [-0.3, -0.25) is 24.3 Å². The maximum atomic E-state index is 14.6. The van der Waals surface area contributed by atoms with Crippen LogP contribution in [0.2, 0.25) is 5.02 Å². The van der Waals surface area contributed by atoms with E-state index in [2.05, 4.69) is 26.3 Å². The van der Waals surface area contributed by atoms with E-state index in [4.69, 9.17) is 16.3 Å². The maximum absolute atomic E-state index is 14.6. The number of rotatable bonds is 9. The molecule has 2 aliphatic heterocycles. The first kappa shape index (κ1) is 37.1. The van der Waals surface area contributed by atoms with Crippen molar-refractivity contribution in [1.82, 2.24) is 30.7 Å². The minimum Gasteiger partial charge on any atom is -0.534 e. The van der Waals surface area contributed by atoms with E-state index in [9.17, 15) is 57.9 Å². The van der Waals surface area contributed by atoms with Gasteiger partial charge in [-0.2, -0.15) is 0 Å². The van der Waals surface area contributed by atoms with Gasteiger partial charge in [0.05, 0.1) is 22.8 Å². The second-order valence-corrected chi connectivity index (χ2v) is 11.6. The number of urea groups is 2. The van der Waals surface area contributed by atoms with Gasteiger partial charge < -0.3 is 51.2 Å². The number of nitrogens with zero attached hydrogens (tertiary/aromatic N) is 3. The predicted octanol–water partition coefficient (Wildman–Crippen LogP) is 0.505. The van der Waals surface area contributed by atoms with Crippen LogP contribution < -0.4 is 25.9 Å². The van der Waals surface area contributed by atoms with Gasteiger partial charge in [-0.25, -0.2) is 23.2 Å². The minimum atomic E-state index is -2.07. The lowest BCUT2D eigenvalue weighted by atomic mass is 9.72. The van der Waals surface area contributed by atoms with Crippen LogP contribution in [0.15, 0.2) is 42.7 Å². The summed E-state index contributed by atoms with van der Waals surface area (Å²) in [4.78, 5) is 82.0. The molecule has 0 radical (unpaired) electrons. The van der Waals surface area contributed by atoms with E-state index in [-0.39, 0.29) is 31.6 Å². The molecule has 18 nitrogen and oxygen atoms in total. The molecule has 0 aliphatic carbocycles. The third-order valence-corrected chi connectivity index (χ3v) is 8.33. The number of hydrogen-bond acceptors (Lipinski definition) is 11. The van der Waals surface area contributed by atoms with E-state index in [1.807, 2.05) is 0 Å². The van der Waals surface area contributed by atoms with Crippen molar-refractivity contribution in [2.75, 3.05) is 31.5 Å². The van der Waals surface area contributed by atoms with Gasteiger partial charge in [-0.05, 0) is 36.2 Å². The second kappa shape index (κ2) is 15.4. The fourth-order valence-corrected chi connectivity index (χ4v) is 5.59. The Morgan fingerprint density at radius 2 is 1.83 bits per heavy atom. The van der Waals surface area contributed by atoms with Crippen molar-refractivity contribution in [3.63, 3.8) is 0 Å². The van der Waals surface area contributed by atoms with E-state index < -0.39 is 106 Å². The third kappa shape index (κ3) is 7.74. The Morgan fingerprint density at radius 3 is 2.52 bits per heavy atom. The summed E-state index contributed by atoms with van der Waals surface area (Å²) in [5.41, 5.74) is -1.03. The van der Waals surface area contributed by atoms with Gasteiger partial charge in [0.15, 0.2) is 17.3 Å². The molecule has 5 rings (SSSR count). The van der Waals surface area contributed by atoms with Crippen LogP contribution in [-0.2, 0) is 20.8 Å². The number of nitrogens with one attached hydrogen (secondary N) is 4. The number of phenols is 2. The highest BCUT2D eigenvalue weighted by Crippen LogP contribution is 2.40. The molecular formula is C30H27BClF2N7O11. The number of halogens is 3. The molecule has 0 saturated carbocycles. The van der Waals surface area contributed by atoms with E-state index in [1.165, 1.54) is 12.4 Å². The van der Waals surface area contributed by atoms with Crippen LogP contribution in [-0.4, -0.2) is 110 Å². The number of phenolic OH excluding ortho intramolecular Hbond substituents is 2. The van der Waals surface area contributed by atoms with Crippen molar-refractivity contribution in [2.24, 2.45) is 0 Å². The molecule has 52 heavy (non-hydrogen) atoms. The molecule has 0 bridgehead atoms. The van der Waals surface area contributed by atoms with Crippen LogP contribution in [0.1, 0.15) is 27.5 Å². The van der Waals surface area contributed by atoms with E-state index in [0.717, 1.165) is 17.0 Å². The minimum absolute atomic E-state index is 0.0626. The highest BCUT2D eigenvalue weighted by molar-refractivity contribution is 6.47. The van der Waals surface area contributed by atoms with Crippen LogP contribution >= 0.6 is 11.6 Å². The summed E-state index contributed by atoms with van der Waals surface area (Å²) >= 11 is 6.11. The van der Waals surface area contributed by atoms with Crippen molar-refractivity contribution >= 4 is 60.2 Å². The number of amides is 7. The van der Waals surface area contributed by atoms with Gasteiger partial charge in [-0.1, -0.05) is 17.7 Å². The summed E-state index contributed by atoms with van der Waals surface area (Å²) in [6.07, 6.45) is 2.58. The molecule has 1 fully saturated rings. The Labute approximate surface area is 296 Å². The number of aromatic carboxylic acids is 1. The first-order chi connectivity index (χ1) is 24.7. The van der Waals surface area contributed by atoms with Crippen molar-refractivity contribution < 1.29 is 62.5 Å². The average Bonchev–Trinajstić information content (AvgIpc) is 3.10. The van der Waals surface area contributed by atoms with Crippen molar-refractivity contribution in [3.05, 3.63) is 76.1 Å². The summed E-state index contributed by atoms with van der Waals surface area (Å²) in [5.74, 6) is -12.4. The van der Waals surface area contributed by atoms with Crippen LogP contribution in [0.4, 0.5) is 24.1 Å². The molecule has 2 aliphatic rings. The Balaban J connectivity index is 1.29. The summed E-state index contributed by atoms with van der Waals surface area (Å²) < 4.78 is 34.0. The number of piperazine rings is 1.